The molecule has 0 N–H and O–H groups in total. The first kappa shape index (κ1) is 12.8. The van der Waals surface area contributed by atoms with E-state index in [9.17, 15) is 0 Å². The number of methoxy groups -OCH3 is 1. The van der Waals surface area contributed by atoms with Gasteiger partial charge in [0, 0.05) is 25.1 Å². The second-order valence-corrected chi connectivity index (χ2v) is 4.83. The van der Waals surface area contributed by atoms with Crippen LogP contribution in [0.25, 0.3) is 0 Å². The number of aromatic nitrogens is 3. The average Bonchev–Trinajstić information content (AvgIpc) is 2.90. The third-order valence-corrected chi connectivity index (χ3v) is 3.52. The maximum absolute atomic E-state index is 5.25. The van der Waals surface area contributed by atoms with E-state index < -0.39 is 0 Å². The minimum atomic E-state index is 0.847. The van der Waals surface area contributed by atoms with Gasteiger partial charge in [-0.15, -0.1) is 0 Å². The van der Waals surface area contributed by atoms with Gasteiger partial charge in [0.15, 0.2) is 0 Å². The van der Waals surface area contributed by atoms with Gasteiger partial charge in [-0.2, -0.15) is 0 Å². The summed E-state index contributed by atoms with van der Waals surface area (Å²) in [5.74, 6) is 0.931. The van der Waals surface area contributed by atoms with Crippen LogP contribution >= 0.6 is 11.5 Å². The number of rotatable bonds is 5. The minimum Gasteiger partial charge on any atom is -0.496 e. The smallest absolute Gasteiger partial charge is 0.227 e. The lowest BCUT2D eigenvalue weighted by molar-refractivity contribution is 0.411. The molecular formula is C12H16N4OS. The van der Waals surface area contributed by atoms with Gasteiger partial charge < -0.3 is 9.64 Å². The van der Waals surface area contributed by atoms with Crippen LogP contribution in [-0.4, -0.2) is 35.5 Å². The average molecular weight is 264 g/mol. The van der Waals surface area contributed by atoms with Gasteiger partial charge in [0.1, 0.15) is 5.75 Å². The summed E-state index contributed by atoms with van der Waals surface area (Å²) in [7, 11) is 3.69. The van der Waals surface area contributed by atoms with Gasteiger partial charge in [0.05, 0.1) is 7.11 Å². The van der Waals surface area contributed by atoms with Crippen molar-refractivity contribution in [2.75, 3.05) is 25.6 Å². The third kappa shape index (κ3) is 2.95. The second kappa shape index (κ2) is 5.77. The summed E-state index contributed by atoms with van der Waals surface area (Å²) in [5.41, 5.74) is 2.45. The Morgan fingerprint density at radius 3 is 2.83 bits per heavy atom. The summed E-state index contributed by atoms with van der Waals surface area (Å²) >= 11 is 1.31. The van der Waals surface area contributed by atoms with Crippen LogP contribution in [-0.2, 0) is 6.42 Å². The van der Waals surface area contributed by atoms with E-state index in [2.05, 4.69) is 38.8 Å². The first-order chi connectivity index (χ1) is 8.70. The summed E-state index contributed by atoms with van der Waals surface area (Å²) in [6.07, 6.45) is 0.959. The lowest BCUT2D eigenvalue weighted by Gasteiger charge is -2.14. The SMILES string of the molecule is COc1ccc(CCN(C)c2nnns2)cc1C. The summed E-state index contributed by atoms with van der Waals surface area (Å²) in [6, 6.07) is 6.26. The molecule has 1 aromatic heterocycles. The van der Waals surface area contributed by atoms with Crippen LogP contribution < -0.4 is 9.64 Å². The lowest BCUT2D eigenvalue weighted by Crippen LogP contribution is -2.20. The van der Waals surface area contributed by atoms with Gasteiger partial charge in [-0.05, 0) is 35.8 Å². The molecule has 0 atom stereocenters. The molecule has 5 nitrogen and oxygen atoms in total. The monoisotopic (exact) mass is 264 g/mol. The Balaban J connectivity index is 1.96. The van der Waals surface area contributed by atoms with E-state index in [0.29, 0.717) is 0 Å². The molecule has 0 saturated heterocycles. The number of likely N-dealkylation sites (N-methyl/N-ethyl adjacent to an activating group) is 1. The number of anilines is 1. The Bertz CT molecular complexity index is 501. The topological polar surface area (TPSA) is 51.1 Å². The van der Waals surface area contributed by atoms with Gasteiger partial charge in [0.25, 0.3) is 0 Å². The summed E-state index contributed by atoms with van der Waals surface area (Å²) in [4.78, 5) is 2.06. The maximum atomic E-state index is 5.25. The molecule has 0 saturated carbocycles. The fourth-order valence-corrected chi connectivity index (χ4v) is 2.21. The number of benzene rings is 1. The van der Waals surface area contributed by atoms with Crippen LogP contribution in [0.2, 0.25) is 0 Å². The molecule has 2 aromatic rings. The Morgan fingerprint density at radius 2 is 2.22 bits per heavy atom. The van der Waals surface area contributed by atoms with E-state index >= 15 is 0 Å². The number of hydrogen-bond donors (Lipinski definition) is 0. The molecule has 0 aliphatic rings. The van der Waals surface area contributed by atoms with Crippen molar-refractivity contribution in [3.05, 3.63) is 29.3 Å². The summed E-state index contributed by atoms with van der Waals surface area (Å²) in [6.45, 7) is 2.95. The zero-order valence-corrected chi connectivity index (χ0v) is 11.6. The number of ether oxygens (including phenoxy) is 1. The normalized spacial score (nSPS) is 10.4. The van der Waals surface area contributed by atoms with Gasteiger partial charge >= 0.3 is 0 Å². The maximum Gasteiger partial charge on any atom is 0.227 e. The molecule has 0 aliphatic carbocycles. The standard InChI is InChI=1S/C12H16N4OS/c1-9-8-10(4-5-11(9)17-3)6-7-16(2)12-13-14-15-18-12/h4-5,8H,6-7H2,1-3H3. The highest BCUT2D eigenvalue weighted by atomic mass is 32.1. The van der Waals surface area contributed by atoms with Crippen molar-refractivity contribution in [3.8, 4) is 5.75 Å². The van der Waals surface area contributed by atoms with Crippen molar-refractivity contribution in [1.82, 2.24) is 14.8 Å². The quantitative estimate of drug-likeness (QED) is 0.826. The first-order valence-electron chi connectivity index (χ1n) is 5.70. The molecule has 0 bridgehead atoms. The third-order valence-electron chi connectivity index (χ3n) is 2.81. The van der Waals surface area contributed by atoms with Gasteiger partial charge in [-0.25, -0.2) is 0 Å². The molecule has 0 spiro atoms. The molecule has 1 aromatic carbocycles. The highest BCUT2D eigenvalue weighted by Crippen LogP contribution is 2.19. The van der Waals surface area contributed by atoms with Crippen molar-refractivity contribution in [2.45, 2.75) is 13.3 Å². The fraction of sp³-hybridized carbons (Fsp3) is 0.417. The molecule has 6 heteroatoms. The first-order valence-corrected chi connectivity index (χ1v) is 6.47. The van der Waals surface area contributed by atoms with E-state index in [1.165, 1.54) is 17.1 Å². The van der Waals surface area contributed by atoms with Gasteiger partial charge in [-0.1, -0.05) is 21.7 Å². The molecule has 96 valence electrons. The lowest BCUT2D eigenvalue weighted by atomic mass is 10.1. The zero-order chi connectivity index (χ0) is 13.0. The molecule has 0 fully saturated rings. The Labute approximate surface area is 111 Å². The molecule has 1 heterocycles. The highest BCUT2D eigenvalue weighted by molar-refractivity contribution is 7.09. The van der Waals surface area contributed by atoms with Crippen LogP contribution in [0, 0.1) is 6.92 Å². The minimum absolute atomic E-state index is 0.847. The summed E-state index contributed by atoms with van der Waals surface area (Å²) in [5, 5.41) is 8.38. The predicted octanol–water partition coefficient (Wildman–Crippen LogP) is 1.93. The Hall–Kier alpha value is -1.69. The molecule has 0 radical (unpaired) electrons. The van der Waals surface area contributed by atoms with Crippen LogP contribution in [0.5, 0.6) is 5.75 Å². The largest absolute Gasteiger partial charge is 0.496 e. The van der Waals surface area contributed by atoms with E-state index in [1.54, 1.807) is 7.11 Å². The molecule has 2 rings (SSSR count). The molecule has 0 unspecified atom stereocenters. The van der Waals surface area contributed by atoms with Crippen LogP contribution in [0.3, 0.4) is 0 Å². The number of aryl methyl sites for hydroxylation is 1. The van der Waals surface area contributed by atoms with Crippen molar-refractivity contribution >= 4 is 16.7 Å². The second-order valence-electron chi connectivity index (χ2n) is 4.12. The highest BCUT2D eigenvalue weighted by Gasteiger charge is 2.06. The summed E-state index contributed by atoms with van der Waals surface area (Å²) < 4.78 is 9.01. The molecule has 18 heavy (non-hydrogen) atoms. The van der Waals surface area contributed by atoms with E-state index in [4.69, 9.17) is 4.74 Å². The van der Waals surface area contributed by atoms with Gasteiger partial charge in [-0.3, -0.25) is 0 Å². The fourth-order valence-electron chi connectivity index (χ4n) is 1.76. The Morgan fingerprint density at radius 1 is 1.39 bits per heavy atom. The van der Waals surface area contributed by atoms with Crippen molar-refractivity contribution < 1.29 is 4.74 Å². The van der Waals surface area contributed by atoms with Crippen molar-refractivity contribution in [1.29, 1.82) is 0 Å². The number of hydrogen-bond acceptors (Lipinski definition) is 6. The van der Waals surface area contributed by atoms with E-state index in [0.717, 1.165) is 29.4 Å². The zero-order valence-electron chi connectivity index (χ0n) is 10.8. The number of nitrogens with zero attached hydrogens (tertiary/aromatic N) is 4. The van der Waals surface area contributed by atoms with Crippen LogP contribution in [0.15, 0.2) is 18.2 Å². The van der Waals surface area contributed by atoms with E-state index in [1.807, 2.05) is 13.1 Å². The molecule has 0 aliphatic heterocycles. The van der Waals surface area contributed by atoms with Crippen molar-refractivity contribution in [3.63, 3.8) is 0 Å². The van der Waals surface area contributed by atoms with E-state index in [-0.39, 0.29) is 0 Å². The molecular weight excluding hydrogens is 248 g/mol. The van der Waals surface area contributed by atoms with Crippen molar-refractivity contribution in [2.24, 2.45) is 0 Å². The van der Waals surface area contributed by atoms with Crippen LogP contribution in [0.1, 0.15) is 11.1 Å². The predicted molar refractivity (Wildman–Crippen MR) is 72.4 cm³/mol. The van der Waals surface area contributed by atoms with Gasteiger partial charge in [0.2, 0.25) is 5.13 Å². The molecule has 0 amide bonds. The van der Waals surface area contributed by atoms with Crippen LogP contribution in [0.4, 0.5) is 5.13 Å². The Kier molecular flexibility index (Phi) is 4.09.